The Morgan fingerprint density at radius 3 is 2.62 bits per heavy atom. The molecule has 0 radical (unpaired) electrons. The highest BCUT2D eigenvalue weighted by Crippen LogP contribution is 2.38. The Morgan fingerprint density at radius 2 is 1.88 bits per heavy atom. The molecule has 26 heavy (non-hydrogen) atoms. The first-order valence-corrected chi connectivity index (χ1v) is 8.98. The molecule has 0 bridgehead atoms. The van der Waals surface area contributed by atoms with E-state index in [1.54, 1.807) is 7.11 Å². The minimum absolute atomic E-state index is 0.139. The van der Waals surface area contributed by atoms with Gasteiger partial charge in [0.2, 0.25) is 0 Å². The summed E-state index contributed by atoms with van der Waals surface area (Å²) in [5.41, 5.74) is 1.60. The van der Waals surface area contributed by atoms with Gasteiger partial charge in [0.1, 0.15) is 0 Å². The summed E-state index contributed by atoms with van der Waals surface area (Å²) in [7, 11) is 1.56. The Bertz CT molecular complexity index is 1170. The van der Waals surface area contributed by atoms with Gasteiger partial charge in [-0.15, -0.1) is 0 Å². The highest BCUT2D eigenvalue weighted by atomic mass is 32.1. The monoisotopic (exact) mass is 386 g/mol. The third kappa shape index (κ3) is 2.85. The highest BCUT2D eigenvalue weighted by Gasteiger charge is 2.16. The summed E-state index contributed by atoms with van der Waals surface area (Å²) in [5.74, 6) is -0.453. The second-order valence-electron chi connectivity index (χ2n) is 5.23. The Kier molecular flexibility index (Phi) is 3.98. The number of ether oxygens (including phenoxy) is 1. The molecule has 0 fully saturated rings. The van der Waals surface area contributed by atoms with Crippen LogP contribution >= 0.6 is 22.7 Å². The van der Waals surface area contributed by atoms with Gasteiger partial charge in [0, 0.05) is 17.7 Å². The van der Waals surface area contributed by atoms with Crippen molar-refractivity contribution in [3.8, 4) is 5.19 Å². The quantitative estimate of drug-likeness (QED) is 0.418. The predicted molar refractivity (Wildman–Crippen MR) is 100 cm³/mol. The maximum absolute atomic E-state index is 12.4. The lowest BCUT2D eigenvalue weighted by Crippen LogP contribution is -2.11. The maximum Gasteiger partial charge on any atom is 0.274 e. The molecule has 0 atom stereocenters. The summed E-state index contributed by atoms with van der Waals surface area (Å²) in [6, 6.07) is 9.23. The van der Waals surface area contributed by atoms with E-state index in [1.165, 1.54) is 46.9 Å². The number of rotatable bonds is 4. The lowest BCUT2D eigenvalue weighted by molar-refractivity contribution is -0.384. The van der Waals surface area contributed by atoms with E-state index in [1.807, 2.05) is 12.1 Å². The first-order chi connectivity index (χ1) is 12.5. The molecule has 0 spiro atoms. The molecule has 0 saturated carbocycles. The average molecular weight is 386 g/mol. The fraction of sp³-hybridized carbons (Fsp3) is 0.0625. The number of non-ortho nitro benzene ring substituents is 1. The van der Waals surface area contributed by atoms with E-state index < -0.39 is 10.8 Å². The van der Waals surface area contributed by atoms with Crippen LogP contribution in [0.1, 0.15) is 10.4 Å². The van der Waals surface area contributed by atoms with Crippen LogP contribution in [0, 0.1) is 10.1 Å². The molecule has 130 valence electrons. The zero-order chi connectivity index (χ0) is 18.3. The third-order valence-electron chi connectivity index (χ3n) is 3.61. The van der Waals surface area contributed by atoms with Crippen molar-refractivity contribution >= 4 is 59.8 Å². The number of hydrogen-bond donors (Lipinski definition) is 1. The third-order valence-corrected chi connectivity index (χ3v) is 5.79. The van der Waals surface area contributed by atoms with Gasteiger partial charge in [0.05, 0.1) is 32.5 Å². The van der Waals surface area contributed by atoms with Crippen molar-refractivity contribution in [2.24, 2.45) is 0 Å². The normalized spacial score (nSPS) is 11.0. The number of methoxy groups -OCH3 is 1. The van der Waals surface area contributed by atoms with Gasteiger partial charge in [0.25, 0.3) is 16.8 Å². The van der Waals surface area contributed by atoms with Gasteiger partial charge in [-0.1, -0.05) is 28.7 Å². The van der Waals surface area contributed by atoms with E-state index in [0.717, 1.165) is 20.4 Å². The molecule has 1 N–H and O–H groups in total. The van der Waals surface area contributed by atoms with E-state index >= 15 is 0 Å². The minimum Gasteiger partial charge on any atom is -0.473 e. The zero-order valence-electron chi connectivity index (χ0n) is 13.3. The van der Waals surface area contributed by atoms with Crippen LogP contribution in [0.4, 0.5) is 10.8 Å². The number of nitro benzene ring substituents is 1. The van der Waals surface area contributed by atoms with Crippen molar-refractivity contribution in [1.29, 1.82) is 0 Å². The van der Waals surface area contributed by atoms with Crippen molar-refractivity contribution in [2.75, 3.05) is 12.4 Å². The van der Waals surface area contributed by atoms with Gasteiger partial charge in [-0.25, -0.2) is 9.97 Å². The van der Waals surface area contributed by atoms with Gasteiger partial charge in [-0.3, -0.25) is 20.2 Å². The van der Waals surface area contributed by atoms with Crippen LogP contribution in [0.2, 0.25) is 0 Å². The molecule has 2 heterocycles. The molecule has 4 aromatic rings. The number of nitrogens with zero attached hydrogens (tertiary/aromatic N) is 3. The highest BCUT2D eigenvalue weighted by molar-refractivity contribution is 7.29. The smallest absolute Gasteiger partial charge is 0.274 e. The lowest BCUT2D eigenvalue weighted by Gasteiger charge is -2.01. The number of aromatic nitrogens is 2. The number of thiazole rings is 2. The van der Waals surface area contributed by atoms with Gasteiger partial charge >= 0.3 is 0 Å². The van der Waals surface area contributed by atoms with Crippen molar-refractivity contribution < 1.29 is 14.5 Å². The number of hydrogen-bond acceptors (Lipinski definition) is 8. The predicted octanol–water partition coefficient (Wildman–Crippen LogP) is 4.08. The fourth-order valence-electron chi connectivity index (χ4n) is 2.42. The molecule has 1 amide bonds. The average Bonchev–Trinajstić information content (AvgIpc) is 3.24. The van der Waals surface area contributed by atoms with Crippen molar-refractivity contribution in [2.45, 2.75) is 0 Å². The molecule has 2 aromatic heterocycles. The van der Waals surface area contributed by atoms with Crippen LogP contribution in [-0.4, -0.2) is 27.9 Å². The van der Waals surface area contributed by atoms with Crippen LogP contribution in [-0.2, 0) is 0 Å². The minimum atomic E-state index is -0.539. The molecule has 8 nitrogen and oxygen atoms in total. The molecule has 0 aliphatic rings. The standard InChI is InChI=1S/C16H10N4O4S2/c1-24-16-18-11-6-5-10-12(13(11)26-16)25-15(17-10)19-14(21)8-3-2-4-9(7-8)20(22)23/h2-7H,1H3,(H,17,19,21). The first kappa shape index (κ1) is 16.4. The van der Waals surface area contributed by atoms with Gasteiger partial charge < -0.3 is 4.74 Å². The topological polar surface area (TPSA) is 107 Å². The summed E-state index contributed by atoms with van der Waals surface area (Å²) in [4.78, 5) is 31.5. The Balaban J connectivity index is 1.67. The largest absolute Gasteiger partial charge is 0.473 e. The van der Waals surface area contributed by atoms with E-state index in [9.17, 15) is 14.9 Å². The fourth-order valence-corrected chi connectivity index (χ4v) is 4.39. The van der Waals surface area contributed by atoms with Crippen LogP contribution in [0.15, 0.2) is 36.4 Å². The van der Waals surface area contributed by atoms with Gasteiger partial charge in [0.15, 0.2) is 5.13 Å². The Labute approximate surface area is 154 Å². The number of anilines is 1. The molecule has 0 unspecified atom stereocenters. The number of nitrogens with one attached hydrogen (secondary N) is 1. The van der Waals surface area contributed by atoms with E-state index in [2.05, 4.69) is 15.3 Å². The molecule has 10 heteroatoms. The van der Waals surface area contributed by atoms with E-state index in [4.69, 9.17) is 4.74 Å². The Morgan fingerprint density at radius 1 is 1.15 bits per heavy atom. The van der Waals surface area contributed by atoms with Crippen LogP contribution in [0.25, 0.3) is 20.4 Å². The number of nitro groups is 1. The molecule has 0 aliphatic carbocycles. The molecule has 2 aromatic carbocycles. The van der Waals surface area contributed by atoms with Gasteiger partial charge in [-0.2, -0.15) is 0 Å². The summed E-state index contributed by atoms with van der Waals surface area (Å²) < 4.78 is 7.01. The van der Waals surface area contributed by atoms with Crippen LogP contribution in [0.5, 0.6) is 5.19 Å². The van der Waals surface area contributed by atoms with Crippen molar-refractivity contribution in [3.63, 3.8) is 0 Å². The SMILES string of the molecule is COc1nc2ccc3nc(NC(=O)c4cccc([N+](=O)[O-])c4)sc3c2s1. The van der Waals surface area contributed by atoms with E-state index in [0.29, 0.717) is 10.3 Å². The second kappa shape index (κ2) is 6.32. The molecule has 0 saturated heterocycles. The number of carbonyl (C=O) groups is 1. The number of amides is 1. The summed E-state index contributed by atoms with van der Waals surface area (Å²) >= 11 is 2.73. The van der Waals surface area contributed by atoms with Crippen molar-refractivity contribution in [3.05, 3.63) is 52.1 Å². The molecule has 0 aliphatic heterocycles. The summed E-state index contributed by atoms with van der Waals surface area (Å²) in [5, 5.41) is 14.5. The first-order valence-electron chi connectivity index (χ1n) is 7.35. The molecule has 4 rings (SSSR count). The summed E-state index contributed by atoms with van der Waals surface area (Å²) in [6.45, 7) is 0. The van der Waals surface area contributed by atoms with Crippen LogP contribution < -0.4 is 10.1 Å². The number of benzene rings is 2. The number of carbonyl (C=O) groups excluding carboxylic acids is 1. The lowest BCUT2D eigenvalue weighted by atomic mass is 10.2. The Hall–Kier alpha value is -3.11. The number of fused-ring (bicyclic) bond motifs is 3. The zero-order valence-corrected chi connectivity index (χ0v) is 14.9. The second-order valence-corrected chi connectivity index (χ2v) is 7.19. The molecular weight excluding hydrogens is 376 g/mol. The summed E-state index contributed by atoms with van der Waals surface area (Å²) in [6.07, 6.45) is 0. The molecular formula is C16H10N4O4S2. The van der Waals surface area contributed by atoms with Gasteiger partial charge in [-0.05, 0) is 18.2 Å². The van der Waals surface area contributed by atoms with Crippen LogP contribution in [0.3, 0.4) is 0 Å². The maximum atomic E-state index is 12.4. The van der Waals surface area contributed by atoms with Crippen molar-refractivity contribution in [1.82, 2.24) is 9.97 Å². The van der Waals surface area contributed by atoms with E-state index in [-0.39, 0.29) is 11.3 Å².